The molecule has 0 radical (unpaired) electrons. The highest BCUT2D eigenvalue weighted by molar-refractivity contribution is 5.89. The van der Waals surface area contributed by atoms with E-state index in [1.807, 2.05) is 6.92 Å². The lowest BCUT2D eigenvalue weighted by Crippen LogP contribution is -2.49. The molecule has 82 valence electrons. The summed E-state index contributed by atoms with van der Waals surface area (Å²) in [5, 5.41) is 3.35. The maximum atomic E-state index is 11.9. The minimum Gasteiger partial charge on any atom is -0.374 e. The van der Waals surface area contributed by atoms with Gasteiger partial charge >= 0.3 is 0 Å². The zero-order valence-corrected chi connectivity index (χ0v) is 9.27. The summed E-state index contributed by atoms with van der Waals surface area (Å²) in [6, 6.07) is 0. The van der Waals surface area contributed by atoms with Crippen molar-refractivity contribution in [3.63, 3.8) is 0 Å². The topological polar surface area (TPSA) is 38.3 Å². The molecule has 0 aliphatic carbocycles. The van der Waals surface area contributed by atoms with Crippen molar-refractivity contribution in [2.75, 3.05) is 19.8 Å². The second-order valence-corrected chi connectivity index (χ2v) is 3.92. The van der Waals surface area contributed by atoms with Crippen LogP contribution >= 0.6 is 0 Å². The summed E-state index contributed by atoms with van der Waals surface area (Å²) in [4.78, 5) is 11.9. The highest BCUT2D eigenvalue weighted by atomic mass is 16.5. The Bertz CT molecular complexity index is 186. The van der Waals surface area contributed by atoms with Gasteiger partial charge < -0.3 is 10.1 Å². The average molecular weight is 199 g/mol. The molecule has 3 nitrogen and oxygen atoms in total. The first-order chi connectivity index (χ1) is 6.75. The maximum absolute atomic E-state index is 11.9. The first-order valence-corrected chi connectivity index (χ1v) is 5.61. The van der Waals surface area contributed by atoms with E-state index in [1.165, 1.54) is 0 Å². The van der Waals surface area contributed by atoms with Gasteiger partial charge in [0.1, 0.15) is 6.61 Å². The van der Waals surface area contributed by atoms with E-state index in [9.17, 15) is 4.79 Å². The lowest BCUT2D eigenvalue weighted by atomic mass is 9.87. The quantitative estimate of drug-likeness (QED) is 0.704. The lowest BCUT2D eigenvalue weighted by molar-refractivity contribution is -0.129. The Labute approximate surface area is 86.2 Å². The van der Waals surface area contributed by atoms with Crippen LogP contribution in [0.25, 0.3) is 0 Å². The molecule has 1 saturated heterocycles. The normalized spacial score (nSPS) is 26.7. The van der Waals surface area contributed by atoms with Crippen molar-refractivity contribution in [1.29, 1.82) is 0 Å². The molecule has 1 atom stereocenters. The van der Waals surface area contributed by atoms with E-state index in [-0.39, 0.29) is 17.9 Å². The standard InChI is InChI=1S/C11H21NO2/c1-3-6-11(7-5-8-12-11)10(13)9-14-4-2/h12H,3-9H2,1-2H3. The molecule has 1 aliphatic rings. The fourth-order valence-electron chi connectivity index (χ4n) is 2.16. The number of hydrogen-bond acceptors (Lipinski definition) is 3. The molecular formula is C11H21NO2. The average Bonchev–Trinajstić information content (AvgIpc) is 2.64. The van der Waals surface area contributed by atoms with E-state index in [1.54, 1.807) is 0 Å². The number of rotatable bonds is 6. The molecule has 1 heterocycles. The Hall–Kier alpha value is -0.410. The summed E-state index contributed by atoms with van der Waals surface area (Å²) in [7, 11) is 0. The van der Waals surface area contributed by atoms with Crippen molar-refractivity contribution >= 4 is 5.78 Å². The zero-order chi connectivity index (χ0) is 10.4. The van der Waals surface area contributed by atoms with Gasteiger partial charge in [0.15, 0.2) is 5.78 Å². The lowest BCUT2D eigenvalue weighted by Gasteiger charge is -2.27. The molecule has 1 N–H and O–H groups in total. The van der Waals surface area contributed by atoms with Gasteiger partial charge in [0.25, 0.3) is 0 Å². The highest BCUT2D eigenvalue weighted by Crippen LogP contribution is 2.25. The van der Waals surface area contributed by atoms with Crippen molar-refractivity contribution < 1.29 is 9.53 Å². The molecule has 0 aromatic carbocycles. The fourth-order valence-corrected chi connectivity index (χ4v) is 2.16. The monoisotopic (exact) mass is 199 g/mol. The third kappa shape index (κ3) is 2.55. The van der Waals surface area contributed by atoms with Crippen LogP contribution in [-0.4, -0.2) is 31.1 Å². The van der Waals surface area contributed by atoms with E-state index < -0.39 is 0 Å². The van der Waals surface area contributed by atoms with Crippen LogP contribution in [0, 0.1) is 0 Å². The Morgan fingerprint density at radius 3 is 2.79 bits per heavy atom. The maximum Gasteiger partial charge on any atom is 0.178 e. The van der Waals surface area contributed by atoms with Gasteiger partial charge in [0.2, 0.25) is 0 Å². The van der Waals surface area contributed by atoms with Crippen molar-refractivity contribution in [3.05, 3.63) is 0 Å². The molecule has 1 unspecified atom stereocenters. The highest BCUT2D eigenvalue weighted by Gasteiger charge is 2.39. The molecule has 0 aromatic heterocycles. The van der Waals surface area contributed by atoms with Gasteiger partial charge in [-0.1, -0.05) is 13.3 Å². The minimum atomic E-state index is -0.260. The number of nitrogens with one attached hydrogen (secondary N) is 1. The number of ketones is 1. The van der Waals surface area contributed by atoms with Crippen molar-refractivity contribution in [1.82, 2.24) is 5.32 Å². The van der Waals surface area contributed by atoms with Crippen LogP contribution in [0.4, 0.5) is 0 Å². The van der Waals surface area contributed by atoms with Gasteiger partial charge in [0, 0.05) is 6.61 Å². The first-order valence-electron chi connectivity index (χ1n) is 5.61. The summed E-state index contributed by atoms with van der Waals surface area (Å²) in [6.07, 6.45) is 4.08. The van der Waals surface area contributed by atoms with Gasteiger partial charge in [0.05, 0.1) is 5.54 Å². The predicted octanol–water partition coefficient (Wildman–Crippen LogP) is 1.51. The second-order valence-electron chi connectivity index (χ2n) is 3.92. The summed E-state index contributed by atoms with van der Waals surface area (Å²) in [5.41, 5.74) is -0.260. The van der Waals surface area contributed by atoms with Crippen LogP contribution in [0.2, 0.25) is 0 Å². The Morgan fingerprint density at radius 2 is 2.29 bits per heavy atom. The van der Waals surface area contributed by atoms with Crippen molar-refractivity contribution in [3.8, 4) is 0 Å². The summed E-state index contributed by atoms with van der Waals surface area (Å²) in [5.74, 6) is 0.235. The molecule has 0 aromatic rings. The third-order valence-corrected chi connectivity index (χ3v) is 2.89. The van der Waals surface area contributed by atoms with E-state index in [4.69, 9.17) is 4.74 Å². The molecule has 0 spiro atoms. The SMILES string of the molecule is CCCC1(C(=O)COCC)CCCN1. The summed E-state index contributed by atoms with van der Waals surface area (Å²) < 4.78 is 5.19. The summed E-state index contributed by atoms with van der Waals surface area (Å²) >= 11 is 0. The molecule has 1 aliphatic heterocycles. The fraction of sp³-hybridized carbons (Fsp3) is 0.909. The molecule has 0 amide bonds. The number of carbonyl (C=O) groups is 1. The van der Waals surface area contributed by atoms with Crippen LogP contribution in [0.3, 0.4) is 0 Å². The summed E-state index contributed by atoms with van der Waals surface area (Å²) in [6.45, 7) is 5.90. The molecule has 1 rings (SSSR count). The van der Waals surface area contributed by atoms with E-state index in [2.05, 4.69) is 12.2 Å². The molecule has 3 heteroatoms. The van der Waals surface area contributed by atoms with E-state index >= 15 is 0 Å². The van der Waals surface area contributed by atoms with Gasteiger partial charge in [-0.05, 0) is 32.7 Å². The Balaban J connectivity index is 2.52. The van der Waals surface area contributed by atoms with Gasteiger partial charge in [-0.2, -0.15) is 0 Å². The second kappa shape index (κ2) is 5.47. The smallest absolute Gasteiger partial charge is 0.178 e. The number of ether oxygens (including phenoxy) is 1. The minimum absolute atomic E-state index is 0.235. The molecule has 1 fully saturated rings. The van der Waals surface area contributed by atoms with Crippen molar-refractivity contribution in [2.45, 2.75) is 45.1 Å². The molecular weight excluding hydrogens is 178 g/mol. The predicted molar refractivity (Wildman–Crippen MR) is 56.4 cm³/mol. The molecule has 0 saturated carbocycles. The van der Waals surface area contributed by atoms with Crippen LogP contribution in [0.1, 0.15) is 39.5 Å². The largest absolute Gasteiger partial charge is 0.374 e. The van der Waals surface area contributed by atoms with Crippen LogP contribution in [-0.2, 0) is 9.53 Å². The number of carbonyl (C=O) groups excluding carboxylic acids is 1. The van der Waals surface area contributed by atoms with Crippen molar-refractivity contribution in [2.24, 2.45) is 0 Å². The van der Waals surface area contributed by atoms with E-state index in [0.29, 0.717) is 6.61 Å². The number of Topliss-reactive ketones (excluding diaryl/α,β-unsaturated/α-hetero) is 1. The first kappa shape index (κ1) is 11.7. The van der Waals surface area contributed by atoms with E-state index in [0.717, 1.165) is 32.2 Å². The Morgan fingerprint density at radius 1 is 1.50 bits per heavy atom. The molecule has 14 heavy (non-hydrogen) atoms. The zero-order valence-electron chi connectivity index (χ0n) is 9.27. The van der Waals surface area contributed by atoms with Gasteiger partial charge in [-0.15, -0.1) is 0 Å². The van der Waals surface area contributed by atoms with Gasteiger partial charge in [-0.3, -0.25) is 4.79 Å². The third-order valence-electron chi connectivity index (χ3n) is 2.89. The Kier molecular flexibility index (Phi) is 4.55. The molecule has 0 bridgehead atoms. The van der Waals surface area contributed by atoms with Crippen LogP contribution < -0.4 is 5.32 Å². The van der Waals surface area contributed by atoms with Crippen LogP contribution in [0.5, 0.6) is 0 Å². The van der Waals surface area contributed by atoms with Gasteiger partial charge in [-0.25, -0.2) is 0 Å². The number of hydrogen-bond donors (Lipinski definition) is 1. The van der Waals surface area contributed by atoms with Crippen LogP contribution in [0.15, 0.2) is 0 Å².